The molecule has 2 unspecified atom stereocenters. The molecule has 2 N–H and O–H groups in total. The van der Waals surface area contributed by atoms with Gasteiger partial charge in [-0.15, -0.1) is 0 Å². The molecule has 1 aromatic carbocycles. The second-order valence-electron chi connectivity index (χ2n) is 6.25. The number of hydrogen-bond acceptors (Lipinski definition) is 3. The van der Waals surface area contributed by atoms with Crippen LogP contribution in [0.25, 0.3) is 0 Å². The molecule has 1 fully saturated rings. The molecule has 0 aromatic heterocycles. The van der Waals surface area contributed by atoms with Gasteiger partial charge in [-0.3, -0.25) is 0 Å². The van der Waals surface area contributed by atoms with Crippen LogP contribution >= 0.6 is 0 Å². The van der Waals surface area contributed by atoms with E-state index in [4.69, 9.17) is 0 Å². The fourth-order valence-corrected chi connectivity index (χ4v) is 3.29. The maximum absolute atomic E-state index is 12.4. The smallest absolute Gasteiger partial charge is 0.387 e. The van der Waals surface area contributed by atoms with Crippen LogP contribution in [0.2, 0.25) is 0 Å². The number of nitrogens with one attached hydrogen (secondary N) is 1. The first-order chi connectivity index (χ1) is 10.5. The van der Waals surface area contributed by atoms with Gasteiger partial charge in [0.25, 0.3) is 0 Å². The molecule has 0 spiro atoms. The van der Waals surface area contributed by atoms with Crippen LogP contribution in [0, 0.1) is 19.8 Å². The summed E-state index contributed by atoms with van der Waals surface area (Å²) in [5, 5.41) is 13.1. The quantitative estimate of drug-likeness (QED) is 0.844. The fourth-order valence-electron chi connectivity index (χ4n) is 3.29. The summed E-state index contributed by atoms with van der Waals surface area (Å²) in [6, 6.07) is 3.76. The molecule has 5 heteroatoms. The molecule has 0 amide bonds. The van der Waals surface area contributed by atoms with E-state index in [1.807, 2.05) is 12.1 Å². The normalized spacial score (nSPS) is 22.1. The molecule has 1 aliphatic rings. The SMILES string of the molecule is Cc1cc(CNCC2CCCC(O)C2)cc(C)c1OC(F)F. The third kappa shape index (κ3) is 4.92. The third-order valence-electron chi connectivity index (χ3n) is 4.24. The Morgan fingerprint density at radius 3 is 2.55 bits per heavy atom. The monoisotopic (exact) mass is 313 g/mol. The predicted molar refractivity (Wildman–Crippen MR) is 82.2 cm³/mol. The van der Waals surface area contributed by atoms with Crippen molar-refractivity contribution in [2.75, 3.05) is 6.54 Å². The number of aliphatic hydroxyl groups excluding tert-OH is 1. The van der Waals surface area contributed by atoms with E-state index in [2.05, 4.69) is 10.1 Å². The maximum atomic E-state index is 12.4. The second kappa shape index (κ2) is 7.88. The van der Waals surface area contributed by atoms with Gasteiger partial charge in [0, 0.05) is 6.54 Å². The topological polar surface area (TPSA) is 41.5 Å². The molecule has 0 heterocycles. The molecule has 2 atom stereocenters. The van der Waals surface area contributed by atoms with Crippen LogP contribution in [0.1, 0.15) is 42.4 Å². The molecular formula is C17H25F2NO2. The number of benzene rings is 1. The Morgan fingerprint density at radius 1 is 1.27 bits per heavy atom. The highest BCUT2D eigenvalue weighted by molar-refractivity contribution is 5.43. The van der Waals surface area contributed by atoms with Crippen molar-refractivity contribution in [3.8, 4) is 5.75 Å². The molecule has 1 saturated carbocycles. The number of aryl methyl sites for hydroxylation is 2. The summed E-state index contributed by atoms with van der Waals surface area (Å²) in [7, 11) is 0. The summed E-state index contributed by atoms with van der Waals surface area (Å²) >= 11 is 0. The Kier molecular flexibility index (Phi) is 6.15. The van der Waals surface area contributed by atoms with E-state index in [1.165, 1.54) is 0 Å². The van der Waals surface area contributed by atoms with Crippen molar-refractivity contribution in [3.63, 3.8) is 0 Å². The molecule has 0 bridgehead atoms. The lowest BCUT2D eigenvalue weighted by Gasteiger charge is -2.26. The molecular weight excluding hydrogens is 288 g/mol. The fraction of sp³-hybridized carbons (Fsp3) is 0.647. The van der Waals surface area contributed by atoms with Crippen molar-refractivity contribution in [1.29, 1.82) is 0 Å². The van der Waals surface area contributed by atoms with E-state index in [1.54, 1.807) is 13.8 Å². The van der Waals surface area contributed by atoms with Crippen LogP contribution in [0.3, 0.4) is 0 Å². The number of aliphatic hydroxyl groups is 1. The average molecular weight is 313 g/mol. The van der Waals surface area contributed by atoms with Crippen molar-refractivity contribution in [2.24, 2.45) is 5.92 Å². The van der Waals surface area contributed by atoms with E-state index in [0.717, 1.165) is 48.9 Å². The predicted octanol–water partition coefficient (Wildman–Crippen LogP) is 3.55. The van der Waals surface area contributed by atoms with Crippen LogP contribution in [0.5, 0.6) is 5.75 Å². The average Bonchev–Trinajstić information content (AvgIpc) is 2.43. The Morgan fingerprint density at radius 2 is 1.95 bits per heavy atom. The van der Waals surface area contributed by atoms with Crippen LogP contribution in [0.4, 0.5) is 8.78 Å². The van der Waals surface area contributed by atoms with Crippen molar-refractivity contribution >= 4 is 0 Å². The zero-order valence-corrected chi connectivity index (χ0v) is 13.2. The zero-order chi connectivity index (χ0) is 16.1. The highest BCUT2D eigenvalue weighted by Gasteiger charge is 2.19. The first-order valence-electron chi connectivity index (χ1n) is 7.89. The Labute approximate surface area is 130 Å². The highest BCUT2D eigenvalue weighted by Crippen LogP contribution is 2.27. The summed E-state index contributed by atoms with van der Waals surface area (Å²) < 4.78 is 29.3. The molecule has 1 aromatic rings. The lowest BCUT2D eigenvalue weighted by molar-refractivity contribution is -0.0507. The molecule has 0 radical (unpaired) electrons. The van der Waals surface area contributed by atoms with Crippen LogP contribution < -0.4 is 10.1 Å². The van der Waals surface area contributed by atoms with Crippen molar-refractivity contribution in [1.82, 2.24) is 5.32 Å². The summed E-state index contributed by atoms with van der Waals surface area (Å²) in [6.07, 6.45) is 3.87. The van der Waals surface area contributed by atoms with Crippen molar-refractivity contribution < 1.29 is 18.6 Å². The first-order valence-corrected chi connectivity index (χ1v) is 7.89. The lowest BCUT2D eigenvalue weighted by atomic mass is 9.87. The van der Waals surface area contributed by atoms with Crippen molar-refractivity contribution in [2.45, 2.75) is 58.8 Å². The van der Waals surface area contributed by atoms with E-state index < -0.39 is 6.61 Å². The maximum Gasteiger partial charge on any atom is 0.387 e. The first kappa shape index (κ1) is 17.2. The number of ether oxygens (including phenoxy) is 1. The number of halogens is 2. The second-order valence-corrected chi connectivity index (χ2v) is 6.25. The summed E-state index contributed by atoms with van der Waals surface area (Å²) in [5.74, 6) is 0.793. The molecule has 0 aliphatic heterocycles. The van der Waals surface area contributed by atoms with Gasteiger partial charge in [0.05, 0.1) is 6.10 Å². The Balaban J connectivity index is 1.88. The minimum Gasteiger partial charge on any atom is -0.434 e. The summed E-state index contributed by atoms with van der Waals surface area (Å²) in [4.78, 5) is 0. The van der Waals surface area contributed by atoms with Gasteiger partial charge in [-0.05, 0) is 62.3 Å². The van der Waals surface area contributed by atoms with Gasteiger partial charge in [0.1, 0.15) is 5.75 Å². The summed E-state index contributed by atoms with van der Waals surface area (Å²) in [5.41, 5.74) is 2.52. The van der Waals surface area contributed by atoms with E-state index in [0.29, 0.717) is 12.5 Å². The molecule has 0 saturated heterocycles. The number of alkyl halides is 2. The standard InChI is InChI=1S/C17H25F2NO2/c1-11-6-14(7-12(2)16(11)22-17(18)19)10-20-9-13-4-3-5-15(21)8-13/h6-7,13,15,17,20-21H,3-5,8-10H2,1-2H3. The minimum atomic E-state index is -2.79. The molecule has 124 valence electrons. The van der Waals surface area contributed by atoms with Crippen molar-refractivity contribution in [3.05, 3.63) is 28.8 Å². The third-order valence-corrected chi connectivity index (χ3v) is 4.24. The molecule has 22 heavy (non-hydrogen) atoms. The van der Waals surface area contributed by atoms with Gasteiger partial charge >= 0.3 is 6.61 Å². The van der Waals surface area contributed by atoms with Gasteiger partial charge in [-0.2, -0.15) is 8.78 Å². The summed E-state index contributed by atoms with van der Waals surface area (Å²) in [6.45, 7) is 2.35. The van der Waals surface area contributed by atoms with Crippen LogP contribution in [-0.4, -0.2) is 24.4 Å². The van der Waals surface area contributed by atoms with Crippen LogP contribution in [-0.2, 0) is 6.54 Å². The van der Waals surface area contributed by atoms with E-state index in [9.17, 15) is 13.9 Å². The van der Waals surface area contributed by atoms with Gasteiger partial charge < -0.3 is 15.2 Å². The van der Waals surface area contributed by atoms with E-state index in [-0.39, 0.29) is 11.9 Å². The number of rotatable bonds is 6. The largest absolute Gasteiger partial charge is 0.434 e. The highest BCUT2D eigenvalue weighted by atomic mass is 19.3. The Hall–Kier alpha value is -1.20. The minimum absolute atomic E-state index is 0.157. The van der Waals surface area contributed by atoms with Gasteiger partial charge in [-0.1, -0.05) is 18.6 Å². The molecule has 2 rings (SSSR count). The van der Waals surface area contributed by atoms with E-state index >= 15 is 0 Å². The van der Waals surface area contributed by atoms with Gasteiger partial charge in [0.15, 0.2) is 0 Å². The molecule has 1 aliphatic carbocycles. The number of hydrogen-bond donors (Lipinski definition) is 2. The van der Waals surface area contributed by atoms with Gasteiger partial charge in [0.2, 0.25) is 0 Å². The Bertz CT molecular complexity index is 471. The van der Waals surface area contributed by atoms with Gasteiger partial charge in [-0.25, -0.2) is 0 Å². The zero-order valence-electron chi connectivity index (χ0n) is 13.2. The molecule has 3 nitrogen and oxygen atoms in total. The lowest BCUT2D eigenvalue weighted by Crippen LogP contribution is -2.28. The van der Waals surface area contributed by atoms with Crippen LogP contribution in [0.15, 0.2) is 12.1 Å².